The van der Waals surface area contributed by atoms with Gasteiger partial charge in [0.2, 0.25) is 11.8 Å². The van der Waals surface area contributed by atoms with E-state index in [0.717, 1.165) is 41.2 Å². The van der Waals surface area contributed by atoms with E-state index in [0.29, 0.717) is 24.6 Å². The fraction of sp³-hybridized carbons (Fsp3) is 0.250. The standard InChI is InChI=1S/C28H30N6O3/c1-33(2)17-6-9-25(35)34-18-15-23(19-34)37-28-26-24(14-16-29-27(26)31-32-28)30-20-10-12-22(13-11-20)36-21-7-4-3-5-8-21/h3-14,16,23H,15,17-19H2,1-2H3,(H2,29,30,31,32)/t23-/m1/s1. The van der Waals surface area contributed by atoms with Gasteiger partial charge in [0.15, 0.2) is 5.65 Å². The van der Waals surface area contributed by atoms with Crippen LogP contribution in [-0.2, 0) is 4.79 Å². The van der Waals surface area contributed by atoms with E-state index >= 15 is 0 Å². The smallest absolute Gasteiger partial charge is 0.246 e. The Morgan fingerprint density at radius 1 is 1.14 bits per heavy atom. The predicted molar refractivity (Wildman–Crippen MR) is 143 cm³/mol. The maximum Gasteiger partial charge on any atom is 0.246 e. The minimum Gasteiger partial charge on any atom is -0.471 e. The summed E-state index contributed by atoms with van der Waals surface area (Å²) in [4.78, 5) is 20.7. The molecule has 5 rings (SSSR count). The quantitative estimate of drug-likeness (QED) is 0.326. The first-order valence-corrected chi connectivity index (χ1v) is 12.2. The van der Waals surface area contributed by atoms with Crippen molar-refractivity contribution >= 4 is 28.3 Å². The van der Waals surface area contributed by atoms with Crippen LogP contribution >= 0.6 is 0 Å². The van der Waals surface area contributed by atoms with Gasteiger partial charge in [0, 0.05) is 37.5 Å². The van der Waals surface area contributed by atoms with Gasteiger partial charge in [0.25, 0.3) is 0 Å². The highest BCUT2D eigenvalue weighted by atomic mass is 16.5. The lowest BCUT2D eigenvalue weighted by atomic mass is 10.2. The number of amides is 1. The van der Waals surface area contributed by atoms with Crippen LogP contribution in [-0.4, -0.2) is 70.7 Å². The van der Waals surface area contributed by atoms with Crippen molar-refractivity contribution in [2.75, 3.05) is 39.0 Å². The average Bonchev–Trinajstić information content (AvgIpc) is 3.54. The minimum atomic E-state index is -0.139. The molecule has 3 heterocycles. The van der Waals surface area contributed by atoms with E-state index in [1.165, 1.54) is 0 Å². The number of benzene rings is 2. The molecular formula is C28H30N6O3. The van der Waals surface area contributed by atoms with Gasteiger partial charge in [-0.2, -0.15) is 0 Å². The first-order valence-electron chi connectivity index (χ1n) is 12.2. The van der Waals surface area contributed by atoms with Crippen LogP contribution in [0.15, 0.2) is 79.0 Å². The minimum absolute atomic E-state index is 0.00329. The molecule has 2 aromatic carbocycles. The van der Waals surface area contributed by atoms with Crippen LogP contribution in [0.3, 0.4) is 0 Å². The molecular weight excluding hydrogens is 468 g/mol. The lowest BCUT2D eigenvalue weighted by Gasteiger charge is -2.15. The Morgan fingerprint density at radius 3 is 2.70 bits per heavy atom. The number of likely N-dealkylation sites (tertiary alicyclic amines) is 1. The highest BCUT2D eigenvalue weighted by Crippen LogP contribution is 2.33. The number of hydrogen-bond donors (Lipinski definition) is 2. The van der Waals surface area contributed by atoms with Crippen molar-refractivity contribution in [2.24, 2.45) is 0 Å². The summed E-state index contributed by atoms with van der Waals surface area (Å²) < 4.78 is 12.1. The third-order valence-corrected chi connectivity index (χ3v) is 6.01. The van der Waals surface area contributed by atoms with Gasteiger partial charge in [0.1, 0.15) is 23.0 Å². The Balaban J connectivity index is 1.25. The molecule has 1 atom stereocenters. The third kappa shape index (κ3) is 6.07. The van der Waals surface area contributed by atoms with E-state index in [1.54, 1.807) is 12.3 Å². The first-order chi connectivity index (χ1) is 18.0. The number of nitrogens with zero attached hydrogens (tertiary/aromatic N) is 4. The van der Waals surface area contributed by atoms with Crippen LogP contribution < -0.4 is 14.8 Å². The van der Waals surface area contributed by atoms with Gasteiger partial charge >= 0.3 is 0 Å². The zero-order chi connectivity index (χ0) is 25.6. The van der Waals surface area contributed by atoms with Gasteiger partial charge in [-0.1, -0.05) is 24.3 Å². The van der Waals surface area contributed by atoms with Crippen molar-refractivity contribution in [3.63, 3.8) is 0 Å². The number of carbonyl (C=O) groups excluding carboxylic acids is 1. The predicted octanol–water partition coefficient (Wildman–Crippen LogP) is 4.59. The number of anilines is 2. The van der Waals surface area contributed by atoms with Crippen LogP contribution in [0.4, 0.5) is 11.4 Å². The zero-order valence-electron chi connectivity index (χ0n) is 20.9. The number of hydrogen-bond acceptors (Lipinski definition) is 7. The van der Waals surface area contributed by atoms with Crippen molar-refractivity contribution in [1.29, 1.82) is 0 Å². The van der Waals surface area contributed by atoms with Crippen LogP contribution in [0.25, 0.3) is 11.0 Å². The van der Waals surface area contributed by atoms with Crippen LogP contribution in [0.1, 0.15) is 6.42 Å². The molecule has 0 aliphatic carbocycles. The first kappa shape index (κ1) is 24.3. The van der Waals surface area contributed by atoms with Gasteiger partial charge in [-0.05, 0) is 56.6 Å². The van der Waals surface area contributed by atoms with E-state index in [4.69, 9.17) is 9.47 Å². The van der Waals surface area contributed by atoms with E-state index in [9.17, 15) is 4.79 Å². The van der Waals surface area contributed by atoms with Crippen LogP contribution in [0.2, 0.25) is 0 Å². The molecule has 0 saturated carbocycles. The molecule has 0 bridgehead atoms. The van der Waals surface area contributed by atoms with Gasteiger partial charge < -0.3 is 24.6 Å². The molecule has 2 N–H and O–H groups in total. The summed E-state index contributed by atoms with van der Waals surface area (Å²) in [6.07, 6.45) is 5.83. The Kier molecular flexibility index (Phi) is 7.32. The lowest BCUT2D eigenvalue weighted by molar-refractivity contribution is -0.125. The number of para-hydroxylation sites is 1. The molecule has 0 radical (unpaired) electrons. The molecule has 0 unspecified atom stereocenters. The summed E-state index contributed by atoms with van der Waals surface area (Å²) >= 11 is 0. The summed E-state index contributed by atoms with van der Waals surface area (Å²) in [5, 5.41) is 11.5. The van der Waals surface area contributed by atoms with E-state index in [2.05, 4.69) is 20.5 Å². The second-order valence-corrected chi connectivity index (χ2v) is 9.15. The van der Waals surface area contributed by atoms with Gasteiger partial charge in [0.05, 0.1) is 12.2 Å². The second-order valence-electron chi connectivity index (χ2n) is 9.15. The van der Waals surface area contributed by atoms with Gasteiger partial charge in [-0.25, -0.2) is 4.98 Å². The molecule has 1 amide bonds. The fourth-order valence-corrected chi connectivity index (χ4v) is 4.15. The van der Waals surface area contributed by atoms with Gasteiger partial charge in [-0.3, -0.25) is 9.89 Å². The van der Waals surface area contributed by atoms with Crippen molar-refractivity contribution in [2.45, 2.75) is 12.5 Å². The molecule has 1 saturated heterocycles. The largest absolute Gasteiger partial charge is 0.471 e. The Bertz CT molecular complexity index is 1370. The highest BCUT2D eigenvalue weighted by Gasteiger charge is 2.28. The lowest BCUT2D eigenvalue weighted by Crippen LogP contribution is -2.29. The van der Waals surface area contributed by atoms with Crippen molar-refractivity contribution < 1.29 is 14.3 Å². The number of ether oxygens (including phenoxy) is 2. The summed E-state index contributed by atoms with van der Waals surface area (Å²) in [6.45, 7) is 1.90. The van der Waals surface area contributed by atoms with E-state index in [1.807, 2.05) is 90.6 Å². The number of pyridine rings is 1. The molecule has 37 heavy (non-hydrogen) atoms. The highest BCUT2D eigenvalue weighted by molar-refractivity contribution is 5.95. The summed E-state index contributed by atoms with van der Waals surface area (Å²) in [5.41, 5.74) is 2.34. The second kappa shape index (κ2) is 11.1. The monoisotopic (exact) mass is 498 g/mol. The Morgan fingerprint density at radius 2 is 1.92 bits per heavy atom. The molecule has 190 valence electrons. The number of nitrogens with one attached hydrogen (secondary N) is 2. The molecule has 1 aliphatic heterocycles. The maximum absolute atomic E-state index is 12.5. The topological polar surface area (TPSA) is 95.6 Å². The third-order valence-electron chi connectivity index (χ3n) is 6.01. The number of rotatable bonds is 9. The number of carbonyl (C=O) groups is 1. The van der Waals surface area contributed by atoms with Gasteiger partial charge in [-0.15, -0.1) is 5.10 Å². The van der Waals surface area contributed by atoms with E-state index in [-0.39, 0.29) is 12.0 Å². The van der Waals surface area contributed by atoms with Crippen molar-refractivity contribution in [3.8, 4) is 17.4 Å². The Hall–Kier alpha value is -4.37. The molecule has 4 aromatic rings. The molecule has 9 nitrogen and oxygen atoms in total. The number of likely N-dealkylation sites (N-methyl/N-ethyl adjacent to an activating group) is 1. The zero-order valence-corrected chi connectivity index (χ0v) is 20.9. The summed E-state index contributed by atoms with van der Waals surface area (Å²) in [7, 11) is 3.94. The van der Waals surface area contributed by atoms with Crippen LogP contribution in [0.5, 0.6) is 17.4 Å². The number of fused-ring (bicyclic) bond motifs is 1. The number of H-pyrrole nitrogens is 1. The van der Waals surface area contributed by atoms with Crippen molar-refractivity contribution in [1.82, 2.24) is 25.0 Å². The normalized spacial score (nSPS) is 15.5. The summed E-state index contributed by atoms with van der Waals surface area (Å²) in [6, 6.07) is 19.3. The molecule has 0 spiro atoms. The maximum atomic E-state index is 12.5. The number of aromatic nitrogens is 3. The van der Waals surface area contributed by atoms with E-state index < -0.39 is 0 Å². The Labute approximate surface area is 215 Å². The SMILES string of the molecule is CN(C)CC=CC(=O)N1CC[C@@H](Oc2n[nH]c3nccc(Nc4ccc(Oc5ccccc5)cc4)c23)C1. The molecule has 1 aliphatic rings. The molecule has 9 heteroatoms. The average molecular weight is 499 g/mol. The number of aromatic amines is 1. The summed E-state index contributed by atoms with van der Waals surface area (Å²) in [5.74, 6) is 2.01. The van der Waals surface area contributed by atoms with Crippen molar-refractivity contribution in [3.05, 3.63) is 79.0 Å². The van der Waals surface area contributed by atoms with Crippen LogP contribution in [0, 0.1) is 0 Å². The fourth-order valence-electron chi connectivity index (χ4n) is 4.15. The molecule has 1 fully saturated rings. The molecule has 2 aromatic heterocycles.